The molecule has 0 unspecified atom stereocenters. The van der Waals surface area contributed by atoms with Gasteiger partial charge in [0.05, 0.1) is 0 Å². The molecule has 0 saturated heterocycles. The van der Waals surface area contributed by atoms with Crippen molar-refractivity contribution in [2.24, 2.45) is 0 Å². The lowest BCUT2D eigenvalue weighted by Crippen LogP contribution is -2.31. The standard InChI is InChI=1S/C15H14O3/c1-12(16)15(17-13-8-4-2-5-9-13)18-14-10-6-3-7-11-14/h2-11,15H,1H3. The van der Waals surface area contributed by atoms with Crippen molar-refractivity contribution in [1.29, 1.82) is 0 Å². The molecule has 92 valence electrons. The van der Waals surface area contributed by atoms with Crippen molar-refractivity contribution >= 4 is 5.78 Å². The van der Waals surface area contributed by atoms with E-state index in [1.165, 1.54) is 6.92 Å². The molecule has 0 saturated carbocycles. The van der Waals surface area contributed by atoms with Crippen LogP contribution in [0.2, 0.25) is 0 Å². The van der Waals surface area contributed by atoms with Gasteiger partial charge in [-0.1, -0.05) is 36.4 Å². The molecule has 0 aliphatic heterocycles. The van der Waals surface area contributed by atoms with Gasteiger partial charge in [0.1, 0.15) is 11.5 Å². The van der Waals surface area contributed by atoms with Gasteiger partial charge in [-0.15, -0.1) is 0 Å². The molecule has 2 aromatic rings. The molecule has 18 heavy (non-hydrogen) atoms. The van der Waals surface area contributed by atoms with E-state index in [1.807, 2.05) is 36.4 Å². The van der Waals surface area contributed by atoms with E-state index in [0.29, 0.717) is 11.5 Å². The van der Waals surface area contributed by atoms with E-state index in [2.05, 4.69) is 0 Å². The number of ether oxygens (including phenoxy) is 2. The molecule has 0 atom stereocenters. The number of benzene rings is 2. The summed E-state index contributed by atoms with van der Waals surface area (Å²) in [6.45, 7) is 1.44. The molecule has 3 nitrogen and oxygen atoms in total. The number of para-hydroxylation sites is 2. The van der Waals surface area contributed by atoms with Gasteiger partial charge >= 0.3 is 0 Å². The topological polar surface area (TPSA) is 35.5 Å². The number of hydrogen-bond donors (Lipinski definition) is 0. The summed E-state index contributed by atoms with van der Waals surface area (Å²) < 4.78 is 11.0. The zero-order valence-corrected chi connectivity index (χ0v) is 10.1. The number of carbonyl (C=O) groups excluding carboxylic acids is 1. The zero-order valence-electron chi connectivity index (χ0n) is 10.1. The van der Waals surface area contributed by atoms with E-state index < -0.39 is 6.29 Å². The summed E-state index contributed by atoms with van der Waals surface area (Å²) in [4.78, 5) is 11.5. The van der Waals surface area contributed by atoms with Gasteiger partial charge in [-0.25, -0.2) is 0 Å². The molecule has 0 bridgehead atoms. The van der Waals surface area contributed by atoms with Crippen LogP contribution in [0.5, 0.6) is 11.5 Å². The highest BCUT2D eigenvalue weighted by atomic mass is 16.7. The molecule has 0 aliphatic carbocycles. The summed E-state index contributed by atoms with van der Waals surface area (Å²) in [6, 6.07) is 18.3. The number of hydrogen-bond acceptors (Lipinski definition) is 3. The SMILES string of the molecule is CC(=O)C(Oc1ccccc1)Oc1ccccc1. The van der Waals surface area contributed by atoms with Crippen molar-refractivity contribution < 1.29 is 14.3 Å². The van der Waals surface area contributed by atoms with Crippen molar-refractivity contribution in [3.05, 3.63) is 60.7 Å². The number of ketones is 1. The first-order valence-corrected chi connectivity index (χ1v) is 5.69. The Bertz CT molecular complexity index is 452. The van der Waals surface area contributed by atoms with Crippen molar-refractivity contribution in [1.82, 2.24) is 0 Å². The lowest BCUT2D eigenvalue weighted by Gasteiger charge is -2.17. The Kier molecular flexibility index (Phi) is 3.97. The molecule has 0 N–H and O–H groups in total. The summed E-state index contributed by atoms with van der Waals surface area (Å²) in [5.41, 5.74) is 0. The highest BCUT2D eigenvalue weighted by Crippen LogP contribution is 2.16. The molecule has 0 spiro atoms. The Morgan fingerprint density at radius 3 is 1.56 bits per heavy atom. The molecule has 2 aromatic carbocycles. The summed E-state index contributed by atoms with van der Waals surface area (Å²) in [6.07, 6.45) is -0.921. The second kappa shape index (κ2) is 5.87. The maximum absolute atomic E-state index is 11.5. The smallest absolute Gasteiger partial charge is 0.300 e. The first kappa shape index (κ1) is 12.2. The second-order valence-electron chi connectivity index (χ2n) is 3.80. The first-order chi connectivity index (χ1) is 8.75. The van der Waals surface area contributed by atoms with Crippen molar-refractivity contribution in [3.8, 4) is 11.5 Å². The summed E-state index contributed by atoms with van der Waals surface area (Å²) in [7, 11) is 0. The lowest BCUT2D eigenvalue weighted by atomic mass is 10.3. The van der Waals surface area contributed by atoms with Crippen LogP contribution in [-0.2, 0) is 4.79 Å². The summed E-state index contributed by atoms with van der Waals surface area (Å²) in [5.74, 6) is 1.03. The van der Waals surface area contributed by atoms with Crippen LogP contribution in [0.1, 0.15) is 6.92 Å². The quantitative estimate of drug-likeness (QED) is 0.756. The average Bonchev–Trinajstić information content (AvgIpc) is 2.40. The minimum atomic E-state index is -0.921. The Hall–Kier alpha value is -2.29. The zero-order chi connectivity index (χ0) is 12.8. The Morgan fingerprint density at radius 2 is 1.22 bits per heavy atom. The average molecular weight is 242 g/mol. The minimum Gasteiger partial charge on any atom is -0.448 e. The molecule has 0 fully saturated rings. The van der Waals surface area contributed by atoms with Crippen LogP contribution in [0, 0.1) is 0 Å². The van der Waals surface area contributed by atoms with Crippen LogP contribution >= 0.6 is 0 Å². The number of Topliss-reactive ketones (excluding diaryl/α,β-unsaturated/α-hetero) is 1. The maximum atomic E-state index is 11.5. The highest BCUT2D eigenvalue weighted by molar-refractivity contribution is 5.79. The minimum absolute atomic E-state index is 0.178. The van der Waals surface area contributed by atoms with E-state index in [0.717, 1.165) is 0 Å². The van der Waals surface area contributed by atoms with Gasteiger partial charge < -0.3 is 9.47 Å². The molecule has 0 radical (unpaired) electrons. The van der Waals surface area contributed by atoms with Gasteiger partial charge in [-0.2, -0.15) is 0 Å². The van der Waals surface area contributed by atoms with Crippen molar-refractivity contribution in [3.63, 3.8) is 0 Å². The van der Waals surface area contributed by atoms with E-state index in [-0.39, 0.29) is 5.78 Å². The third kappa shape index (κ3) is 3.35. The van der Waals surface area contributed by atoms with Crippen molar-refractivity contribution in [2.45, 2.75) is 13.2 Å². The lowest BCUT2D eigenvalue weighted by molar-refractivity contribution is -0.135. The third-order valence-corrected chi connectivity index (χ3v) is 2.30. The predicted octanol–water partition coefficient (Wildman–Crippen LogP) is 3.06. The Labute approximate surface area is 106 Å². The number of rotatable bonds is 5. The van der Waals surface area contributed by atoms with Gasteiger partial charge in [0.2, 0.25) is 5.78 Å². The summed E-state index contributed by atoms with van der Waals surface area (Å²) in [5, 5.41) is 0. The van der Waals surface area contributed by atoms with Crippen LogP contribution in [-0.4, -0.2) is 12.1 Å². The van der Waals surface area contributed by atoms with E-state index in [9.17, 15) is 4.79 Å². The van der Waals surface area contributed by atoms with E-state index in [1.54, 1.807) is 24.3 Å². The molecule has 0 aliphatic rings. The van der Waals surface area contributed by atoms with Crippen LogP contribution in [0.3, 0.4) is 0 Å². The summed E-state index contributed by atoms with van der Waals surface area (Å²) >= 11 is 0. The van der Waals surface area contributed by atoms with E-state index >= 15 is 0 Å². The first-order valence-electron chi connectivity index (χ1n) is 5.69. The predicted molar refractivity (Wildman–Crippen MR) is 68.6 cm³/mol. The molecule has 0 aromatic heterocycles. The third-order valence-electron chi connectivity index (χ3n) is 2.30. The van der Waals surface area contributed by atoms with Gasteiger partial charge in [-0.3, -0.25) is 4.79 Å². The Balaban J connectivity index is 2.08. The fourth-order valence-electron chi connectivity index (χ4n) is 1.44. The molecular weight excluding hydrogens is 228 g/mol. The fourth-order valence-corrected chi connectivity index (χ4v) is 1.44. The van der Waals surface area contributed by atoms with E-state index in [4.69, 9.17) is 9.47 Å². The molecule has 0 amide bonds. The van der Waals surface area contributed by atoms with Gasteiger partial charge in [-0.05, 0) is 24.3 Å². The van der Waals surface area contributed by atoms with Crippen LogP contribution in [0.15, 0.2) is 60.7 Å². The van der Waals surface area contributed by atoms with Crippen LogP contribution < -0.4 is 9.47 Å². The molecule has 3 heteroatoms. The van der Waals surface area contributed by atoms with Gasteiger partial charge in [0.25, 0.3) is 6.29 Å². The van der Waals surface area contributed by atoms with Gasteiger partial charge in [0.15, 0.2) is 0 Å². The van der Waals surface area contributed by atoms with Crippen LogP contribution in [0.25, 0.3) is 0 Å². The molecule has 0 heterocycles. The normalized spacial score (nSPS) is 10.1. The molecular formula is C15H14O3. The monoisotopic (exact) mass is 242 g/mol. The maximum Gasteiger partial charge on any atom is 0.300 e. The highest BCUT2D eigenvalue weighted by Gasteiger charge is 2.17. The Morgan fingerprint density at radius 1 is 0.833 bits per heavy atom. The van der Waals surface area contributed by atoms with Gasteiger partial charge in [0, 0.05) is 6.92 Å². The molecule has 2 rings (SSSR count). The fraction of sp³-hybridized carbons (Fsp3) is 0.133. The number of carbonyl (C=O) groups is 1. The largest absolute Gasteiger partial charge is 0.448 e. The second-order valence-corrected chi connectivity index (χ2v) is 3.80. The van der Waals surface area contributed by atoms with Crippen molar-refractivity contribution in [2.75, 3.05) is 0 Å². The van der Waals surface area contributed by atoms with Crippen LogP contribution in [0.4, 0.5) is 0 Å².